The van der Waals surface area contributed by atoms with Crippen LogP contribution in [0.5, 0.6) is 0 Å². The predicted molar refractivity (Wildman–Crippen MR) is 65.8 cm³/mol. The van der Waals surface area contributed by atoms with Gasteiger partial charge in [0.05, 0.1) is 0 Å². The van der Waals surface area contributed by atoms with Gasteiger partial charge in [-0.25, -0.2) is 0 Å². The predicted octanol–water partition coefficient (Wildman–Crippen LogP) is 4.39. The maximum atomic E-state index is 9.03. The molecule has 0 atom stereocenters. The van der Waals surface area contributed by atoms with Crippen LogP contribution in [0.15, 0.2) is 36.1 Å². The van der Waals surface area contributed by atoms with Crippen molar-refractivity contribution in [2.45, 2.75) is 39.5 Å². The maximum absolute atomic E-state index is 9.03. The van der Waals surface area contributed by atoms with E-state index in [1.165, 1.54) is 31.3 Å². The Morgan fingerprint density at radius 3 is 2.27 bits per heavy atom. The molecule has 0 spiro atoms. The third-order valence-corrected chi connectivity index (χ3v) is 3.29. The van der Waals surface area contributed by atoms with E-state index in [9.17, 15) is 0 Å². The Morgan fingerprint density at radius 1 is 1.20 bits per heavy atom. The van der Waals surface area contributed by atoms with E-state index >= 15 is 0 Å². The lowest BCUT2D eigenvalue weighted by atomic mass is 9.79. The van der Waals surface area contributed by atoms with Crippen LogP contribution in [0.4, 0.5) is 0 Å². The van der Waals surface area contributed by atoms with E-state index in [4.69, 9.17) is 5.11 Å². The Kier molecular flexibility index (Phi) is 4.67. The van der Waals surface area contributed by atoms with Crippen molar-refractivity contribution in [3.05, 3.63) is 36.1 Å². The third kappa shape index (κ3) is 3.94. The van der Waals surface area contributed by atoms with Crippen LogP contribution >= 0.6 is 0 Å². The zero-order valence-electron chi connectivity index (χ0n) is 9.87. The zero-order valence-corrected chi connectivity index (χ0v) is 9.87. The SMILES string of the molecule is C=C(O)/C=C\C(=C/C)C1CCC(C)CC1. The van der Waals surface area contributed by atoms with Crippen molar-refractivity contribution < 1.29 is 5.11 Å². The summed E-state index contributed by atoms with van der Waals surface area (Å²) in [5, 5.41) is 9.03. The maximum Gasteiger partial charge on any atom is 0.108 e. The molecule has 1 saturated carbocycles. The highest BCUT2D eigenvalue weighted by Crippen LogP contribution is 2.33. The number of rotatable bonds is 3. The summed E-state index contributed by atoms with van der Waals surface area (Å²) in [5.41, 5.74) is 1.34. The molecule has 0 bridgehead atoms. The van der Waals surface area contributed by atoms with Crippen molar-refractivity contribution in [3.63, 3.8) is 0 Å². The topological polar surface area (TPSA) is 20.2 Å². The number of hydrogen-bond acceptors (Lipinski definition) is 1. The van der Waals surface area contributed by atoms with E-state index in [0.29, 0.717) is 5.92 Å². The normalized spacial score (nSPS) is 28.3. The summed E-state index contributed by atoms with van der Waals surface area (Å²) in [4.78, 5) is 0. The number of allylic oxidation sites excluding steroid dienone is 4. The molecule has 0 heterocycles. The van der Waals surface area contributed by atoms with Crippen LogP contribution in [0.3, 0.4) is 0 Å². The average molecular weight is 206 g/mol. The second-order valence-electron chi connectivity index (χ2n) is 4.57. The number of aliphatic hydroxyl groups excluding tert-OH is 1. The molecule has 1 heteroatoms. The van der Waals surface area contributed by atoms with Gasteiger partial charge in [-0.05, 0) is 43.3 Å². The molecule has 1 aliphatic rings. The Bertz CT molecular complexity index is 265. The van der Waals surface area contributed by atoms with Gasteiger partial charge >= 0.3 is 0 Å². The highest BCUT2D eigenvalue weighted by molar-refractivity contribution is 5.25. The number of hydrogen-bond donors (Lipinski definition) is 1. The van der Waals surface area contributed by atoms with E-state index < -0.39 is 0 Å². The van der Waals surface area contributed by atoms with E-state index in [-0.39, 0.29) is 5.76 Å². The quantitative estimate of drug-likeness (QED) is 0.536. The molecule has 0 unspecified atom stereocenters. The highest BCUT2D eigenvalue weighted by Gasteiger charge is 2.19. The Balaban J connectivity index is 2.56. The van der Waals surface area contributed by atoms with Gasteiger partial charge in [0, 0.05) is 0 Å². The summed E-state index contributed by atoms with van der Waals surface area (Å²) in [6, 6.07) is 0. The zero-order chi connectivity index (χ0) is 11.3. The lowest BCUT2D eigenvalue weighted by Gasteiger charge is -2.27. The molecule has 0 aromatic carbocycles. The molecule has 0 amide bonds. The van der Waals surface area contributed by atoms with E-state index in [0.717, 1.165) is 5.92 Å². The van der Waals surface area contributed by atoms with Crippen molar-refractivity contribution in [2.75, 3.05) is 0 Å². The van der Waals surface area contributed by atoms with Gasteiger partial charge in [0.25, 0.3) is 0 Å². The summed E-state index contributed by atoms with van der Waals surface area (Å²) < 4.78 is 0. The van der Waals surface area contributed by atoms with Crippen LogP contribution in [0.25, 0.3) is 0 Å². The second kappa shape index (κ2) is 5.79. The van der Waals surface area contributed by atoms with E-state index in [2.05, 4.69) is 26.5 Å². The summed E-state index contributed by atoms with van der Waals surface area (Å²) in [6.45, 7) is 7.86. The first-order chi connectivity index (χ1) is 7.13. The van der Waals surface area contributed by atoms with Crippen LogP contribution in [0.2, 0.25) is 0 Å². The molecule has 84 valence electrons. The smallest absolute Gasteiger partial charge is 0.108 e. The van der Waals surface area contributed by atoms with Crippen molar-refractivity contribution >= 4 is 0 Å². The molecule has 0 aromatic heterocycles. The molecule has 0 aliphatic heterocycles. The Hall–Kier alpha value is -0.980. The van der Waals surface area contributed by atoms with Gasteiger partial charge in [0.15, 0.2) is 0 Å². The minimum Gasteiger partial charge on any atom is -0.509 e. The Labute approximate surface area is 93.2 Å². The fraction of sp³-hybridized carbons (Fsp3) is 0.571. The van der Waals surface area contributed by atoms with Gasteiger partial charge in [-0.1, -0.05) is 38.5 Å². The van der Waals surface area contributed by atoms with Crippen molar-refractivity contribution in [1.29, 1.82) is 0 Å². The monoisotopic (exact) mass is 206 g/mol. The van der Waals surface area contributed by atoms with Crippen LogP contribution in [-0.2, 0) is 0 Å². The molecule has 0 aromatic rings. The molecular formula is C14H22O. The first kappa shape index (κ1) is 12.1. The van der Waals surface area contributed by atoms with Crippen LogP contribution < -0.4 is 0 Å². The first-order valence-corrected chi connectivity index (χ1v) is 5.85. The molecular weight excluding hydrogens is 184 g/mol. The van der Waals surface area contributed by atoms with Crippen molar-refractivity contribution in [1.82, 2.24) is 0 Å². The van der Waals surface area contributed by atoms with Crippen LogP contribution in [0, 0.1) is 11.8 Å². The molecule has 1 fully saturated rings. The van der Waals surface area contributed by atoms with Crippen molar-refractivity contribution in [3.8, 4) is 0 Å². The lowest BCUT2D eigenvalue weighted by Crippen LogP contribution is -2.13. The standard InChI is InChI=1S/C14H22O/c1-4-13(10-7-12(3)15)14-8-5-11(2)6-9-14/h4,7,10-11,14-15H,3,5-6,8-9H2,1-2H3/b10-7-,13-4+. The molecule has 1 rings (SSSR count). The lowest BCUT2D eigenvalue weighted by molar-refractivity contribution is 0.323. The summed E-state index contributed by atoms with van der Waals surface area (Å²) >= 11 is 0. The molecule has 0 saturated heterocycles. The minimum atomic E-state index is 0.138. The highest BCUT2D eigenvalue weighted by atomic mass is 16.3. The van der Waals surface area contributed by atoms with Gasteiger partial charge in [0.2, 0.25) is 0 Å². The van der Waals surface area contributed by atoms with Gasteiger partial charge in [-0.15, -0.1) is 0 Å². The first-order valence-electron chi connectivity index (χ1n) is 5.85. The largest absolute Gasteiger partial charge is 0.509 e. The molecule has 0 radical (unpaired) electrons. The van der Waals surface area contributed by atoms with E-state index in [1.54, 1.807) is 6.08 Å². The molecule has 1 N–H and O–H groups in total. The fourth-order valence-electron chi connectivity index (χ4n) is 2.25. The van der Waals surface area contributed by atoms with Gasteiger partial charge in [-0.3, -0.25) is 0 Å². The van der Waals surface area contributed by atoms with E-state index in [1.807, 2.05) is 6.08 Å². The minimum absolute atomic E-state index is 0.138. The van der Waals surface area contributed by atoms with Gasteiger partial charge in [0.1, 0.15) is 5.76 Å². The molecule has 1 nitrogen and oxygen atoms in total. The summed E-state index contributed by atoms with van der Waals surface area (Å²) in [6.07, 6.45) is 11.1. The third-order valence-electron chi connectivity index (χ3n) is 3.29. The van der Waals surface area contributed by atoms with Crippen LogP contribution in [-0.4, -0.2) is 5.11 Å². The fourth-order valence-corrected chi connectivity index (χ4v) is 2.25. The Morgan fingerprint density at radius 2 is 1.80 bits per heavy atom. The number of aliphatic hydroxyl groups is 1. The van der Waals surface area contributed by atoms with Gasteiger partial charge < -0.3 is 5.11 Å². The van der Waals surface area contributed by atoms with Crippen molar-refractivity contribution in [2.24, 2.45) is 11.8 Å². The average Bonchev–Trinajstić information content (AvgIpc) is 2.21. The van der Waals surface area contributed by atoms with Gasteiger partial charge in [-0.2, -0.15) is 0 Å². The summed E-state index contributed by atoms with van der Waals surface area (Å²) in [7, 11) is 0. The van der Waals surface area contributed by atoms with Crippen LogP contribution in [0.1, 0.15) is 39.5 Å². The molecule has 1 aliphatic carbocycles. The summed E-state index contributed by atoms with van der Waals surface area (Å²) in [5.74, 6) is 1.71. The molecule has 15 heavy (non-hydrogen) atoms. The second-order valence-corrected chi connectivity index (χ2v) is 4.57.